The summed E-state index contributed by atoms with van der Waals surface area (Å²) in [5.74, 6) is 2.66. The highest BCUT2D eigenvalue weighted by Gasteiger charge is 2.23. The molecule has 0 saturated carbocycles. The lowest BCUT2D eigenvalue weighted by Crippen LogP contribution is -2.23. The molecule has 19 heavy (non-hydrogen) atoms. The summed E-state index contributed by atoms with van der Waals surface area (Å²) >= 11 is 1.70. The smallest absolute Gasteiger partial charge is 0.145 e. The molecule has 0 atom stereocenters. The number of benzene rings is 2. The van der Waals surface area contributed by atoms with Crippen molar-refractivity contribution in [2.24, 2.45) is 0 Å². The Labute approximate surface area is 117 Å². The Morgan fingerprint density at radius 2 is 1.68 bits per heavy atom. The molecule has 0 fully saturated rings. The Bertz CT molecular complexity index is 614. The lowest BCUT2D eigenvalue weighted by atomic mass is 10.2. The normalized spacial score (nSPS) is 13.2. The van der Waals surface area contributed by atoms with Gasteiger partial charge in [-0.05, 0) is 45.0 Å². The highest BCUT2D eigenvalue weighted by Crippen LogP contribution is 2.51. The van der Waals surface area contributed by atoms with Crippen LogP contribution in [0.2, 0.25) is 0 Å². The Kier molecular flexibility index (Phi) is 2.94. The number of hydrogen-bond acceptors (Lipinski definition) is 3. The van der Waals surface area contributed by atoms with E-state index in [4.69, 9.17) is 9.47 Å². The van der Waals surface area contributed by atoms with Gasteiger partial charge < -0.3 is 9.47 Å². The fourth-order valence-corrected chi connectivity index (χ4v) is 2.93. The van der Waals surface area contributed by atoms with Crippen molar-refractivity contribution in [1.82, 2.24) is 0 Å². The standard InChI is InChI=1S/C16H16O2S/c1-16(2,3)18-13-9-6-8-12-15(13)19-14-10-5-4-7-11(14)17-12/h4-10H,1-3H3. The van der Waals surface area contributed by atoms with Gasteiger partial charge in [0, 0.05) is 0 Å². The molecule has 2 aromatic rings. The molecule has 1 aliphatic rings. The van der Waals surface area contributed by atoms with Crippen molar-refractivity contribution >= 4 is 11.8 Å². The lowest BCUT2D eigenvalue weighted by molar-refractivity contribution is 0.126. The first-order valence-electron chi connectivity index (χ1n) is 6.30. The zero-order chi connectivity index (χ0) is 13.5. The molecule has 0 bridgehead atoms. The van der Waals surface area contributed by atoms with Gasteiger partial charge in [-0.15, -0.1) is 0 Å². The van der Waals surface area contributed by atoms with E-state index < -0.39 is 0 Å². The molecule has 2 nitrogen and oxygen atoms in total. The van der Waals surface area contributed by atoms with E-state index in [1.807, 2.05) is 36.4 Å². The Morgan fingerprint density at radius 3 is 2.47 bits per heavy atom. The number of fused-ring (bicyclic) bond motifs is 2. The van der Waals surface area contributed by atoms with Gasteiger partial charge in [-0.3, -0.25) is 0 Å². The SMILES string of the molecule is CC(C)(C)Oc1cccc2c1Sc1ccccc1O2. The van der Waals surface area contributed by atoms with Crippen LogP contribution in [0.4, 0.5) is 0 Å². The highest BCUT2D eigenvalue weighted by atomic mass is 32.2. The first-order chi connectivity index (χ1) is 9.03. The van der Waals surface area contributed by atoms with Crippen molar-refractivity contribution in [3.8, 4) is 17.2 Å². The molecule has 0 saturated heterocycles. The van der Waals surface area contributed by atoms with Gasteiger partial charge in [0.2, 0.25) is 0 Å². The summed E-state index contributed by atoms with van der Waals surface area (Å²) in [5, 5.41) is 0. The number of ether oxygens (including phenoxy) is 2. The third-order valence-corrected chi connectivity index (χ3v) is 3.80. The molecular formula is C16H16O2S. The van der Waals surface area contributed by atoms with E-state index in [1.165, 1.54) is 0 Å². The van der Waals surface area contributed by atoms with Crippen LogP contribution in [-0.4, -0.2) is 5.60 Å². The minimum absolute atomic E-state index is 0.216. The van der Waals surface area contributed by atoms with Crippen molar-refractivity contribution < 1.29 is 9.47 Å². The summed E-state index contributed by atoms with van der Waals surface area (Å²) in [7, 11) is 0. The average molecular weight is 272 g/mol. The van der Waals surface area contributed by atoms with Gasteiger partial charge in [-0.2, -0.15) is 0 Å². The molecule has 1 heterocycles. The van der Waals surface area contributed by atoms with E-state index in [2.05, 4.69) is 26.8 Å². The van der Waals surface area contributed by atoms with Gasteiger partial charge in [0.05, 0.1) is 9.79 Å². The Balaban J connectivity index is 2.01. The van der Waals surface area contributed by atoms with Gasteiger partial charge in [0.25, 0.3) is 0 Å². The molecule has 3 heteroatoms. The summed E-state index contributed by atoms with van der Waals surface area (Å²) in [6.07, 6.45) is 0. The quantitative estimate of drug-likeness (QED) is 0.612. The van der Waals surface area contributed by atoms with Gasteiger partial charge in [-0.25, -0.2) is 0 Å². The van der Waals surface area contributed by atoms with Crippen LogP contribution in [-0.2, 0) is 0 Å². The summed E-state index contributed by atoms with van der Waals surface area (Å²) in [5.41, 5.74) is -0.216. The van der Waals surface area contributed by atoms with Crippen molar-refractivity contribution in [3.05, 3.63) is 42.5 Å². The third-order valence-electron chi connectivity index (χ3n) is 2.64. The summed E-state index contributed by atoms with van der Waals surface area (Å²) in [4.78, 5) is 2.18. The topological polar surface area (TPSA) is 18.5 Å². The maximum atomic E-state index is 6.01. The average Bonchev–Trinajstić information content (AvgIpc) is 2.35. The molecule has 98 valence electrons. The van der Waals surface area contributed by atoms with Crippen molar-refractivity contribution in [1.29, 1.82) is 0 Å². The van der Waals surface area contributed by atoms with Crippen LogP contribution in [0.3, 0.4) is 0 Å². The number of hydrogen-bond donors (Lipinski definition) is 0. The minimum Gasteiger partial charge on any atom is -0.487 e. The van der Waals surface area contributed by atoms with E-state index >= 15 is 0 Å². The van der Waals surface area contributed by atoms with E-state index in [9.17, 15) is 0 Å². The fraction of sp³-hybridized carbons (Fsp3) is 0.250. The van der Waals surface area contributed by atoms with E-state index in [0.29, 0.717) is 0 Å². The second-order valence-electron chi connectivity index (χ2n) is 5.45. The fourth-order valence-electron chi connectivity index (χ4n) is 1.93. The van der Waals surface area contributed by atoms with E-state index in [1.54, 1.807) is 11.8 Å². The molecule has 0 aromatic heterocycles. The molecule has 0 unspecified atom stereocenters. The molecule has 1 aliphatic heterocycles. The van der Waals surface area contributed by atoms with Crippen LogP contribution < -0.4 is 9.47 Å². The second kappa shape index (κ2) is 4.49. The minimum atomic E-state index is -0.216. The van der Waals surface area contributed by atoms with Crippen molar-refractivity contribution in [2.45, 2.75) is 36.2 Å². The first kappa shape index (κ1) is 12.4. The lowest BCUT2D eigenvalue weighted by Gasteiger charge is -2.26. The summed E-state index contributed by atoms with van der Waals surface area (Å²) in [6.45, 7) is 6.15. The summed E-state index contributed by atoms with van der Waals surface area (Å²) in [6, 6.07) is 14.0. The molecule has 0 amide bonds. The van der Waals surface area contributed by atoms with E-state index in [0.717, 1.165) is 27.0 Å². The van der Waals surface area contributed by atoms with Gasteiger partial charge in [0.1, 0.15) is 22.8 Å². The van der Waals surface area contributed by atoms with Crippen molar-refractivity contribution in [3.63, 3.8) is 0 Å². The molecule has 0 aliphatic carbocycles. The third kappa shape index (κ3) is 2.56. The van der Waals surface area contributed by atoms with Crippen LogP contribution >= 0.6 is 11.8 Å². The second-order valence-corrected chi connectivity index (χ2v) is 6.50. The van der Waals surface area contributed by atoms with Gasteiger partial charge >= 0.3 is 0 Å². The maximum Gasteiger partial charge on any atom is 0.145 e. The van der Waals surface area contributed by atoms with Crippen LogP contribution in [0.15, 0.2) is 52.3 Å². The number of para-hydroxylation sites is 1. The largest absolute Gasteiger partial charge is 0.487 e. The zero-order valence-corrected chi connectivity index (χ0v) is 12.1. The molecule has 0 spiro atoms. The predicted octanol–water partition coefficient (Wildman–Crippen LogP) is 5.12. The number of rotatable bonds is 1. The highest BCUT2D eigenvalue weighted by molar-refractivity contribution is 7.99. The molecule has 0 N–H and O–H groups in total. The predicted molar refractivity (Wildman–Crippen MR) is 77.5 cm³/mol. The molecule has 0 radical (unpaired) electrons. The summed E-state index contributed by atoms with van der Waals surface area (Å²) < 4.78 is 11.9. The van der Waals surface area contributed by atoms with Crippen LogP contribution in [0.1, 0.15) is 20.8 Å². The van der Waals surface area contributed by atoms with Gasteiger partial charge in [-0.1, -0.05) is 30.0 Å². The monoisotopic (exact) mass is 272 g/mol. The maximum absolute atomic E-state index is 6.01. The van der Waals surface area contributed by atoms with Crippen LogP contribution in [0.25, 0.3) is 0 Å². The first-order valence-corrected chi connectivity index (χ1v) is 7.11. The molecule has 2 aromatic carbocycles. The Hall–Kier alpha value is -1.61. The van der Waals surface area contributed by atoms with Crippen LogP contribution in [0.5, 0.6) is 17.2 Å². The zero-order valence-electron chi connectivity index (χ0n) is 11.3. The van der Waals surface area contributed by atoms with Crippen molar-refractivity contribution in [2.75, 3.05) is 0 Å². The van der Waals surface area contributed by atoms with Gasteiger partial charge in [0.15, 0.2) is 0 Å². The van der Waals surface area contributed by atoms with Crippen LogP contribution in [0, 0.1) is 0 Å². The Morgan fingerprint density at radius 1 is 0.947 bits per heavy atom. The molecule has 3 rings (SSSR count). The molecular weight excluding hydrogens is 256 g/mol. The van der Waals surface area contributed by atoms with E-state index in [-0.39, 0.29) is 5.60 Å².